The molecule has 4 rings (SSSR count). The van der Waals surface area contributed by atoms with Gasteiger partial charge in [0.15, 0.2) is 0 Å². The van der Waals surface area contributed by atoms with E-state index in [-0.39, 0.29) is 5.56 Å². The molecule has 0 atom stereocenters. The summed E-state index contributed by atoms with van der Waals surface area (Å²) in [5.41, 5.74) is 4.38. The van der Waals surface area contributed by atoms with Crippen LogP contribution < -0.4 is 5.32 Å². The van der Waals surface area contributed by atoms with E-state index in [1.807, 2.05) is 72.8 Å². The largest absolute Gasteiger partial charge is 0.490 e. The molecule has 3 N–H and O–H groups in total. The highest BCUT2D eigenvalue weighted by Gasteiger charge is 2.38. The number of aromatic nitrogens is 1. The maximum absolute atomic E-state index is 11.6. The Morgan fingerprint density at radius 2 is 1.45 bits per heavy atom. The van der Waals surface area contributed by atoms with Crippen molar-refractivity contribution in [1.82, 2.24) is 4.98 Å². The van der Waals surface area contributed by atoms with Gasteiger partial charge in [0.2, 0.25) is 0 Å². The maximum Gasteiger partial charge on any atom is 0.490 e. The summed E-state index contributed by atoms with van der Waals surface area (Å²) in [6.45, 7) is 0. The third-order valence-electron chi connectivity index (χ3n) is 4.47. The molecule has 1 aromatic heterocycles. The van der Waals surface area contributed by atoms with Crippen LogP contribution >= 0.6 is 0 Å². The average Bonchev–Trinajstić information content (AvgIpc) is 2.79. The molecule has 0 bridgehead atoms. The van der Waals surface area contributed by atoms with Gasteiger partial charge in [0.25, 0.3) is 0 Å². The molecule has 0 radical (unpaired) electrons. The highest BCUT2D eigenvalue weighted by atomic mass is 19.4. The number of hydrogen-bond donors (Lipinski definition) is 3. The first kappa shape index (κ1) is 23.3. The number of aliphatic carboxylic acids is 1. The van der Waals surface area contributed by atoms with E-state index in [0.29, 0.717) is 5.69 Å². The van der Waals surface area contributed by atoms with Crippen molar-refractivity contribution in [3.05, 3.63) is 90.6 Å². The zero-order chi connectivity index (χ0) is 24.0. The predicted molar refractivity (Wildman–Crippen MR) is 118 cm³/mol. The number of aromatic carboxylic acids is 1. The van der Waals surface area contributed by atoms with E-state index in [9.17, 15) is 23.1 Å². The van der Waals surface area contributed by atoms with Gasteiger partial charge < -0.3 is 15.5 Å². The Kier molecular flexibility index (Phi) is 6.92. The number of carbonyl (C=O) groups is 2. The number of carboxylic acids is 2. The number of para-hydroxylation sites is 1. The number of nitrogens with one attached hydrogen (secondary N) is 1. The summed E-state index contributed by atoms with van der Waals surface area (Å²) >= 11 is 0. The molecule has 3 aromatic carbocycles. The number of carboxylic acid groups (broad SMARTS) is 2. The summed E-state index contributed by atoms with van der Waals surface area (Å²) in [5, 5.41) is 20.9. The first-order valence-corrected chi connectivity index (χ1v) is 9.50. The van der Waals surface area contributed by atoms with Gasteiger partial charge in [-0.15, -0.1) is 0 Å². The van der Waals surface area contributed by atoms with Gasteiger partial charge in [0.1, 0.15) is 0 Å². The van der Waals surface area contributed by atoms with Gasteiger partial charge in [-0.25, -0.2) is 9.59 Å². The number of alkyl halides is 3. The van der Waals surface area contributed by atoms with E-state index < -0.39 is 18.1 Å². The number of pyridine rings is 1. The Balaban J connectivity index is 0.000000383. The summed E-state index contributed by atoms with van der Waals surface area (Å²) in [4.78, 5) is 24.9. The van der Waals surface area contributed by atoms with Gasteiger partial charge in [-0.05, 0) is 35.4 Å². The fourth-order valence-electron chi connectivity index (χ4n) is 2.94. The Hall–Kier alpha value is -4.40. The minimum absolute atomic E-state index is 0.220. The normalized spacial score (nSPS) is 10.8. The molecule has 0 aliphatic rings. The Bertz CT molecular complexity index is 1290. The molecule has 0 saturated carbocycles. The van der Waals surface area contributed by atoms with Crippen molar-refractivity contribution in [2.45, 2.75) is 6.18 Å². The monoisotopic (exact) mass is 454 g/mol. The summed E-state index contributed by atoms with van der Waals surface area (Å²) in [7, 11) is 0. The molecule has 0 unspecified atom stereocenters. The van der Waals surface area contributed by atoms with Crippen LogP contribution in [0.1, 0.15) is 10.4 Å². The molecule has 0 saturated heterocycles. The Labute approximate surface area is 186 Å². The molecular weight excluding hydrogens is 437 g/mol. The minimum atomic E-state index is -5.08. The van der Waals surface area contributed by atoms with Crippen LogP contribution in [-0.2, 0) is 4.79 Å². The van der Waals surface area contributed by atoms with Crippen LogP contribution in [-0.4, -0.2) is 33.3 Å². The third-order valence-corrected chi connectivity index (χ3v) is 4.47. The number of rotatable bonds is 4. The average molecular weight is 454 g/mol. The summed E-state index contributed by atoms with van der Waals surface area (Å²) in [5.74, 6) is -3.73. The quantitative estimate of drug-likeness (QED) is 0.351. The minimum Gasteiger partial charge on any atom is -0.478 e. The van der Waals surface area contributed by atoms with E-state index in [0.717, 1.165) is 27.7 Å². The van der Waals surface area contributed by atoms with Gasteiger partial charge in [-0.3, -0.25) is 4.98 Å². The van der Waals surface area contributed by atoms with Crippen molar-refractivity contribution < 1.29 is 33.0 Å². The fourth-order valence-corrected chi connectivity index (χ4v) is 2.94. The lowest BCUT2D eigenvalue weighted by Gasteiger charge is -2.12. The number of benzene rings is 3. The van der Waals surface area contributed by atoms with E-state index in [2.05, 4.69) is 10.3 Å². The lowest BCUT2D eigenvalue weighted by atomic mass is 10.0. The number of nitrogens with zero attached hydrogens (tertiary/aromatic N) is 1. The molecule has 168 valence electrons. The van der Waals surface area contributed by atoms with E-state index in [1.54, 1.807) is 12.3 Å². The number of fused-ring (bicyclic) bond motifs is 1. The lowest BCUT2D eigenvalue weighted by Crippen LogP contribution is -2.21. The highest BCUT2D eigenvalue weighted by Crippen LogP contribution is 2.29. The smallest absolute Gasteiger partial charge is 0.478 e. The second-order valence-electron chi connectivity index (χ2n) is 6.78. The van der Waals surface area contributed by atoms with Crippen molar-refractivity contribution in [2.75, 3.05) is 5.32 Å². The second-order valence-corrected chi connectivity index (χ2v) is 6.78. The highest BCUT2D eigenvalue weighted by molar-refractivity contribution is 5.97. The number of hydrogen-bond acceptors (Lipinski definition) is 4. The molecule has 33 heavy (non-hydrogen) atoms. The van der Waals surface area contributed by atoms with Gasteiger partial charge in [-0.1, -0.05) is 54.6 Å². The van der Waals surface area contributed by atoms with Crippen molar-refractivity contribution in [2.24, 2.45) is 0 Å². The first-order chi connectivity index (χ1) is 15.6. The van der Waals surface area contributed by atoms with Crippen LogP contribution in [0.2, 0.25) is 0 Å². The van der Waals surface area contributed by atoms with Crippen LogP contribution in [0.3, 0.4) is 0 Å². The van der Waals surface area contributed by atoms with E-state index in [1.165, 1.54) is 0 Å². The summed E-state index contributed by atoms with van der Waals surface area (Å²) < 4.78 is 31.7. The zero-order valence-corrected chi connectivity index (χ0v) is 16.9. The van der Waals surface area contributed by atoms with Gasteiger partial charge in [0.05, 0.1) is 28.7 Å². The van der Waals surface area contributed by atoms with Gasteiger partial charge in [0, 0.05) is 5.39 Å². The van der Waals surface area contributed by atoms with Crippen LogP contribution in [0.5, 0.6) is 0 Å². The SMILES string of the molecule is O=C(O)C(F)(F)F.O=C(O)c1ccc(-c2ccccc2)cc1Nc1cnc2ccccc2c1. The van der Waals surface area contributed by atoms with Crippen LogP contribution in [0.25, 0.3) is 22.0 Å². The first-order valence-electron chi connectivity index (χ1n) is 9.50. The molecule has 0 aliphatic carbocycles. The fraction of sp³-hybridized carbons (Fsp3) is 0.0417. The van der Waals surface area contributed by atoms with Crippen LogP contribution in [0.15, 0.2) is 85.1 Å². The van der Waals surface area contributed by atoms with Gasteiger partial charge in [-0.2, -0.15) is 13.2 Å². The molecule has 0 amide bonds. The second kappa shape index (κ2) is 9.82. The van der Waals surface area contributed by atoms with E-state index in [4.69, 9.17) is 9.90 Å². The molecule has 6 nitrogen and oxygen atoms in total. The molecule has 0 spiro atoms. The summed E-state index contributed by atoms with van der Waals surface area (Å²) in [6, 6.07) is 24.9. The topological polar surface area (TPSA) is 99.5 Å². The van der Waals surface area contributed by atoms with Crippen molar-refractivity contribution in [1.29, 1.82) is 0 Å². The molecule has 1 heterocycles. The summed E-state index contributed by atoms with van der Waals surface area (Å²) in [6.07, 6.45) is -3.37. The van der Waals surface area contributed by atoms with Crippen LogP contribution in [0.4, 0.5) is 24.5 Å². The van der Waals surface area contributed by atoms with Crippen molar-refractivity contribution in [3.8, 4) is 11.1 Å². The van der Waals surface area contributed by atoms with Crippen molar-refractivity contribution >= 4 is 34.2 Å². The molecule has 4 aromatic rings. The third kappa shape index (κ3) is 6.07. The number of halogens is 3. The van der Waals surface area contributed by atoms with E-state index >= 15 is 0 Å². The van der Waals surface area contributed by atoms with Crippen LogP contribution in [0, 0.1) is 0 Å². The zero-order valence-electron chi connectivity index (χ0n) is 16.9. The Morgan fingerprint density at radius 3 is 2.09 bits per heavy atom. The standard InChI is InChI=1S/C22H16N2O2.C2HF3O2/c25-22(26)19-11-10-16(15-6-2-1-3-7-15)13-21(19)24-18-12-17-8-4-5-9-20(17)23-14-18;3-2(4,5)1(6)7/h1-14,24H,(H,25,26);(H,6,7). The van der Waals surface area contributed by atoms with Crippen molar-refractivity contribution in [3.63, 3.8) is 0 Å². The predicted octanol–water partition coefficient (Wildman–Crippen LogP) is 5.98. The lowest BCUT2D eigenvalue weighted by molar-refractivity contribution is -0.192. The molecule has 9 heteroatoms. The molecular formula is C24H17F3N2O4. The van der Waals surface area contributed by atoms with Gasteiger partial charge >= 0.3 is 18.1 Å². The number of anilines is 2. The maximum atomic E-state index is 11.6. The molecule has 0 aliphatic heterocycles. The molecule has 0 fully saturated rings. The Morgan fingerprint density at radius 1 is 0.818 bits per heavy atom.